The first-order valence-electron chi connectivity index (χ1n) is 4.68. The number of nitrogens with zero attached hydrogens (tertiary/aromatic N) is 1. The topological polar surface area (TPSA) is 12.9 Å². The van der Waals surface area contributed by atoms with Crippen molar-refractivity contribution in [3.05, 3.63) is 65.7 Å². The third-order valence-corrected chi connectivity index (χ3v) is 2.02. The molecule has 0 unspecified atom stereocenters. The van der Waals surface area contributed by atoms with E-state index in [2.05, 4.69) is 4.98 Å². The van der Waals surface area contributed by atoms with E-state index in [1.807, 2.05) is 30.4 Å². The van der Waals surface area contributed by atoms with Gasteiger partial charge in [0, 0.05) is 12.4 Å². The average molecular weight is 199 g/mol. The van der Waals surface area contributed by atoms with Gasteiger partial charge in [-0.05, 0) is 35.4 Å². The van der Waals surface area contributed by atoms with Gasteiger partial charge in [-0.1, -0.05) is 24.3 Å². The predicted molar refractivity (Wildman–Crippen MR) is 59.6 cm³/mol. The molecule has 1 nitrogen and oxygen atoms in total. The zero-order valence-corrected chi connectivity index (χ0v) is 8.10. The minimum Gasteiger partial charge on any atom is -0.265 e. The SMILES string of the molecule is Fc1cccc(C=Cc2ccncc2)c1. The zero-order valence-electron chi connectivity index (χ0n) is 8.10. The minimum atomic E-state index is -0.216. The molecule has 0 aliphatic rings. The van der Waals surface area contributed by atoms with Crippen molar-refractivity contribution >= 4 is 12.2 Å². The maximum atomic E-state index is 12.8. The second-order valence-electron chi connectivity index (χ2n) is 3.17. The fourth-order valence-electron chi connectivity index (χ4n) is 1.28. The predicted octanol–water partition coefficient (Wildman–Crippen LogP) is 3.39. The standard InChI is InChI=1S/C13H10FN/c14-13-3-1-2-12(10-13)5-4-11-6-8-15-9-7-11/h1-10H. The zero-order chi connectivity index (χ0) is 10.5. The van der Waals surface area contributed by atoms with Gasteiger partial charge >= 0.3 is 0 Å². The molecule has 0 radical (unpaired) electrons. The van der Waals surface area contributed by atoms with Gasteiger partial charge in [0.25, 0.3) is 0 Å². The third-order valence-electron chi connectivity index (χ3n) is 2.02. The van der Waals surface area contributed by atoms with Crippen molar-refractivity contribution in [3.8, 4) is 0 Å². The second kappa shape index (κ2) is 4.51. The molecule has 0 saturated heterocycles. The lowest BCUT2D eigenvalue weighted by atomic mass is 10.1. The molecule has 2 aromatic rings. The van der Waals surface area contributed by atoms with Crippen molar-refractivity contribution in [1.29, 1.82) is 0 Å². The Morgan fingerprint density at radius 3 is 2.40 bits per heavy atom. The summed E-state index contributed by atoms with van der Waals surface area (Å²) >= 11 is 0. The molecule has 0 spiro atoms. The number of halogens is 1. The van der Waals surface area contributed by atoms with E-state index in [1.54, 1.807) is 18.5 Å². The summed E-state index contributed by atoms with van der Waals surface area (Å²) in [4.78, 5) is 3.92. The molecule has 1 aromatic carbocycles. The van der Waals surface area contributed by atoms with Crippen molar-refractivity contribution in [2.45, 2.75) is 0 Å². The summed E-state index contributed by atoms with van der Waals surface area (Å²) < 4.78 is 12.8. The maximum Gasteiger partial charge on any atom is 0.123 e. The van der Waals surface area contributed by atoms with E-state index in [0.717, 1.165) is 11.1 Å². The van der Waals surface area contributed by atoms with Crippen LogP contribution < -0.4 is 0 Å². The van der Waals surface area contributed by atoms with Crippen LogP contribution in [0.1, 0.15) is 11.1 Å². The summed E-state index contributed by atoms with van der Waals surface area (Å²) in [6, 6.07) is 10.3. The Hall–Kier alpha value is -1.96. The smallest absolute Gasteiger partial charge is 0.123 e. The molecule has 0 amide bonds. The molecule has 74 valence electrons. The molecule has 2 rings (SSSR count). The van der Waals surface area contributed by atoms with Crippen LogP contribution in [0.2, 0.25) is 0 Å². The van der Waals surface area contributed by atoms with Crippen molar-refractivity contribution in [2.24, 2.45) is 0 Å². The van der Waals surface area contributed by atoms with Crippen LogP contribution in [-0.2, 0) is 0 Å². The average Bonchev–Trinajstić information content (AvgIpc) is 2.28. The molecule has 0 atom stereocenters. The Kier molecular flexibility index (Phi) is 2.88. The number of hydrogen-bond donors (Lipinski definition) is 0. The van der Waals surface area contributed by atoms with Crippen LogP contribution in [0.15, 0.2) is 48.8 Å². The van der Waals surface area contributed by atoms with Gasteiger partial charge in [0.2, 0.25) is 0 Å². The lowest BCUT2D eigenvalue weighted by Crippen LogP contribution is -1.76. The van der Waals surface area contributed by atoms with Gasteiger partial charge in [0.1, 0.15) is 5.82 Å². The Morgan fingerprint density at radius 1 is 0.933 bits per heavy atom. The van der Waals surface area contributed by atoms with Crippen LogP contribution in [0.4, 0.5) is 4.39 Å². The molecule has 2 heteroatoms. The molecule has 0 aliphatic heterocycles. The molecular weight excluding hydrogens is 189 g/mol. The van der Waals surface area contributed by atoms with E-state index in [-0.39, 0.29) is 5.82 Å². The van der Waals surface area contributed by atoms with Crippen molar-refractivity contribution in [1.82, 2.24) is 4.98 Å². The van der Waals surface area contributed by atoms with Crippen LogP contribution >= 0.6 is 0 Å². The molecule has 15 heavy (non-hydrogen) atoms. The fraction of sp³-hybridized carbons (Fsp3) is 0. The number of hydrogen-bond acceptors (Lipinski definition) is 1. The van der Waals surface area contributed by atoms with Gasteiger partial charge < -0.3 is 0 Å². The summed E-state index contributed by atoms with van der Waals surface area (Å²) in [6.07, 6.45) is 7.26. The van der Waals surface area contributed by atoms with Crippen molar-refractivity contribution < 1.29 is 4.39 Å². The van der Waals surface area contributed by atoms with Crippen LogP contribution in [0.3, 0.4) is 0 Å². The fourth-order valence-corrected chi connectivity index (χ4v) is 1.28. The van der Waals surface area contributed by atoms with E-state index in [4.69, 9.17) is 0 Å². The molecular formula is C13H10FN. The van der Waals surface area contributed by atoms with Gasteiger partial charge in [0.05, 0.1) is 0 Å². The third kappa shape index (κ3) is 2.74. The highest BCUT2D eigenvalue weighted by Crippen LogP contribution is 2.08. The van der Waals surface area contributed by atoms with Gasteiger partial charge in [-0.3, -0.25) is 4.98 Å². The number of rotatable bonds is 2. The summed E-state index contributed by atoms with van der Waals surface area (Å²) in [6.45, 7) is 0. The van der Waals surface area contributed by atoms with E-state index >= 15 is 0 Å². The monoisotopic (exact) mass is 199 g/mol. The molecule has 0 fully saturated rings. The van der Waals surface area contributed by atoms with E-state index < -0.39 is 0 Å². The summed E-state index contributed by atoms with van der Waals surface area (Å²) in [5.74, 6) is -0.216. The van der Waals surface area contributed by atoms with Gasteiger partial charge in [0.15, 0.2) is 0 Å². The first-order chi connectivity index (χ1) is 7.34. The Morgan fingerprint density at radius 2 is 1.67 bits per heavy atom. The molecule has 1 heterocycles. The normalized spacial score (nSPS) is 10.7. The maximum absolute atomic E-state index is 12.8. The van der Waals surface area contributed by atoms with Gasteiger partial charge in [-0.2, -0.15) is 0 Å². The quantitative estimate of drug-likeness (QED) is 0.722. The molecule has 0 aliphatic carbocycles. The van der Waals surface area contributed by atoms with Crippen LogP contribution in [0, 0.1) is 5.82 Å². The van der Waals surface area contributed by atoms with E-state index in [1.165, 1.54) is 12.1 Å². The second-order valence-corrected chi connectivity index (χ2v) is 3.17. The van der Waals surface area contributed by atoms with E-state index in [9.17, 15) is 4.39 Å². The van der Waals surface area contributed by atoms with Crippen LogP contribution in [0.5, 0.6) is 0 Å². The van der Waals surface area contributed by atoms with Gasteiger partial charge in [-0.15, -0.1) is 0 Å². The lowest BCUT2D eigenvalue weighted by Gasteiger charge is -1.94. The van der Waals surface area contributed by atoms with Crippen LogP contribution in [0.25, 0.3) is 12.2 Å². The lowest BCUT2D eigenvalue weighted by molar-refractivity contribution is 0.627. The highest BCUT2D eigenvalue weighted by Gasteiger charge is 1.90. The number of pyridine rings is 1. The van der Waals surface area contributed by atoms with Crippen LogP contribution in [-0.4, -0.2) is 4.98 Å². The van der Waals surface area contributed by atoms with E-state index in [0.29, 0.717) is 0 Å². The molecule has 0 N–H and O–H groups in total. The number of benzene rings is 1. The Bertz CT molecular complexity index is 463. The first kappa shape index (κ1) is 9.59. The first-order valence-corrected chi connectivity index (χ1v) is 4.68. The van der Waals surface area contributed by atoms with Crippen molar-refractivity contribution in [3.63, 3.8) is 0 Å². The van der Waals surface area contributed by atoms with Crippen molar-refractivity contribution in [2.75, 3.05) is 0 Å². The summed E-state index contributed by atoms with van der Waals surface area (Å²) in [7, 11) is 0. The Balaban J connectivity index is 2.19. The molecule has 0 saturated carbocycles. The summed E-state index contributed by atoms with van der Waals surface area (Å²) in [5.41, 5.74) is 1.90. The largest absolute Gasteiger partial charge is 0.265 e. The molecule has 1 aromatic heterocycles. The minimum absolute atomic E-state index is 0.216. The summed E-state index contributed by atoms with van der Waals surface area (Å²) in [5, 5.41) is 0. The Labute approximate surface area is 87.9 Å². The van der Waals surface area contributed by atoms with Gasteiger partial charge in [-0.25, -0.2) is 4.39 Å². The molecule has 0 bridgehead atoms. The highest BCUT2D eigenvalue weighted by atomic mass is 19.1. The highest BCUT2D eigenvalue weighted by molar-refractivity contribution is 5.69. The number of aromatic nitrogens is 1.